The molecule has 0 spiro atoms. The van der Waals surface area contributed by atoms with Gasteiger partial charge in [-0.25, -0.2) is 0 Å². The second-order valence-electron chi connectivity index (χ2n) is 5.66. The molecule has 0 heterocycles. The topological polar surface area (TPSA) is 46.2 Å². The molecule has 3 nitrogen and oxygen atoms in total. The molecule has 0 bridgehead atoms. The van der Waals surface area contributed by atoms with Crippen LogP contribution in [0.1, 0.15) is 17.3 Å². The zero-order chi connectivity index (χ0) is 17.7. The van der Waals surface area contributed by atoms with E-state index in [1.165, 1.54) is 0 Å². The molecule has 126 valence electrons. The summed E-state index contributed by atoms with van der Waals surface area (Å²) in [5.74, 6) is -0.204. The number of nitrogens with one attached hydrogen (secondary N) is 1. The summed E-state index contributed by atoms with van der Waals surface area (Å²) in [4.78, 5) is 12.5. The van der Waals surface area contributed by atoms with Crippen LogP contribution in [-0.2, 0) is 4.57 Å². The first-order chi connectivity index (χ1) is 12.2. The molecule has 1 N–H and O–H groups in total. The summed E-state index contributed by atoms with van der Waals surface area (Å²) in [5.41, 5.74) is 0.459. The van der Waals surface area contributed by atoms with Gasteiger partial charge in [-0.15, -0.1) is 0 Å². The number of carbonyl (C=O) groups excluding carboxylic acids is 1. The Morgan fingerprint density at radius 2 is 1.28 bits per heavy atom. The molecule has 0 aromatic heterocycles. The van der Waals surface area contributed by atoms with E-state index in [0.717, 1.165) is 10.6 Å². The lowest BCUT2D eigenvalue weighted by Gasteiger charge is -2.22. The van der Waals surface area contributed by atoms with Gasteiger partial charge in [0.2, 0.25) is 0 Å². The summed E-state index contributed by atoms with van der Waals surface area (Å²) in [5, 5.41) is 4.83. The molecule has 0 radical (unpaired) electrons. The minimum atomic E-state index is -3.15. The number of benzene rings is 3. The van der Waals surface area contributed by atoms with Crippen molar-refractivity contribution in [1.29, 1.82) is 0 Å². The van der Waals surface area contributed by atoms with Crippen LogP contribution in [-0.4, -0.2) is 12.5 Å². The Hall–Kier alpha value is -2.64. The number of carbonyl (C=O) groups is 1. The normalized spacial score (nSPS) is 11.1. The van der Waals surface area contributed by atoms with Gasteiger partial charge in [-0.05, 0) is 13.0 Å². The van der Waals surface area contributed by atoms with E-state index in [1.54, 1.807) is 18.2 Å². The highest BCUT2D eigenvalue weighted by Gasteiger charge is 2.32. The number of rotatable bonds is 5. The summed E-state index contributed by atoms with van der Waals surface area (Å²) in [6.45, 7) is 2.39. The van der Waals surface area contributed by atoms with E-state index in [-0.39, 0.29) is 5.91 Å². The Kier molecular flexibility index (Phi) is 5.16. The van der Waals surface area contributed by atoms with Crippen molar-refractivity contribution in [3.63, 3.8) is 0 Å². The third kappa shape index (κ3) is 3.29. The lowest BCUT2D eigenvalue weighted by Crippen LogP contribution is -2.33. The molecule has 4 heteroatoms. The average molecular weight is 349 g/mol. The van der Waals surface area contributed by atoms with Crippen LogP contribution >= 0.6 is 7.14 Å². The number of hydrogen-bond donors (Lipinski definition) is 1. The second kappa shape index (κ2) is 7.50. The summed E-state index contributed by atoms with van der Waals surface area (Å²) in [7, 11) is -3.15. The first kappa shape index (κ1) is 17.2. The van der Waals surface area contributed by atoms with Crippen LogP contribution in [0, 0.1) is 0 Å². The van der Waals surface area contributed by atoms with Crippen LogP contribution in [0.5, 0.6) is 0 Å². The third-order valence-corrected chi connectivity index (χ3v) is 7.18. The highest BCUT2D eigenvalue weighted by Crippen LogP contribution is 2.43. The molecule has 3 rings (SSSR count). The molecular formula is C21H20NO2P. The fourth-order valence-electron chi connectivity index (χ4n) is 2.90. The van der Waals surface area contributed by atoms with E-state index in [2.05, 4.69) is 5.32 Å². The van der Waals surface area contributed by atoms with Gasteiger partial charge in [0.15, 0.2) is 7.14 Å². The maximum absolute atomic E-state index is 14.4. The number of hydrogen-bond acceptors (Lipinski definition) is 2. The van der Waals surface area contributed by atoms with E-state index in [4.69, 9.17) is 0 Å². The molecule has 0 fully saturated rings. The van der Waals surface area contributed by atoms with Crippen molar-refractivity contribution in [2.45, 2.75) is 6.92 Å². The molecule has 0 saturated heterocycles. The summed E-state index contributed by atoms with van der Waals surface area (Å²) in [6.07, 6.45) is 0. The molecule has 3 aromatic rings. The van der Waals surface area contributed by atoms with Crippen LogP contribution < -0.4 is 21.2 Å². The monoisotopic (exact) mass is 349 g/mol. The Balaban J connectivity index is 2.28. The molecule has 0 saturated carbocycles. The molecule has 0 aliphatic heterocycles. The van der Waals surface area contributed by atoms with Crippen molar-refractivity contribution in [2.24, 2.45) is 0 Å². The third-order valence-electron chi connectivity index (χ3n) is 4.06. The van der Waals surface area contributed by atoms with Crippen molar-refractivity contribution in [3.05, 3.63) is 90.5 Å². The lowest BCUT2D eigenvalue weighted by atomic mass is 10.2. The van der Waals surface area contributed by atoms with Gasteiger partial charge in [-0.2, -0.15) is 0 Å². The first-order valence-electron chi connectivity index (χ1n) is 8.27. The maximum Gasteiger partial charge on any atom is 0.252 e. The maximum atomic E-state index is 14.4. The van der Waals surface area contributed by atoms with Crippen molar-refractivity contribution in [3.8, 4) is 0 Å². The molecule has 0 aliphatic rings. The molecule has 0 aliphatic carbocycles. The van der Waals surface area contributed by atoms with Crippen LogP contribution in [0.25, 0.3) is 0 Å². The van der Waals surface area contributed by atoms with E-state index >= 15 is 0 Å². The minimum Gasteiger partial charge on any atom is -0.352 e. The Labute approximate surface area is 148 Å². The molecule has 25 heavy (non-hydrogen) atoms. The molecular weight excluding hydrogens is 329 g/mol. The molecule has 1 amide bonds. The van der Waals surface area contributed by atoms with Crippen LogP contribution in [0.3, 0.4) is 0 Å². The van der Waals surface area contributed by atoms with Gasteiger partial charge < -0.3 is 9.88 Å². The van der Waals surface area contributed by atoms with Gasteiger partial charge in [0, 0.05) is 22.5 Å². The first-order valence-corrected chi connectivity index (χ1v) is 9.97. The van der Waals surface area contributed by atoms with Crippen molar-refractivity contribution in [1.82, 2.24) is 5.32 Å². The predicted molar refractivity (Wildman–Crippen MR) is 104 cm³/mol. The second-order valence-corrected chi connectivity index (χ2v) is 8.39. The number of amides is 1. The van der Waals surface area contributed by atoms with Gasteiger partial charge in [0.1, 0.15) is 0 Å². The van der Waals surface area contributed by atoms with E-state index in [0.29, 0.717) is 17.4 Å². The smallest absolute Gasteiger partial charge is 0.252 e. The van der Waals surface area contributed by atoms with Gasteiger partial charge >= 0.3 is 0 Å². The standard InChI is InChI=1S/C21H20NO2P/c1-2-22-21(23)19-15-9-10-16-20(19)25(24,17-11-5-3-6-12-17)18-13-7-4-8-14-18/h3-16H,2H2,1H3,(H,22,23). The van der Waals surface area contributed by atoms with Gasteiger partial charge in [0.25, 0.3) is 5.91 Å². The molecule has 3 aromatic carbocycles. The highest BCUT2D eigenvalue weighted by molar-refractivity contribution is 7.85. The van der Waals surface area contributed by atoms with Crippen LogP contribution in [0.15, 0.2) is 84.9 Å². The van der Waals surface area contributed by atoms with Gasteiger partial charge in [0.05, 0.1) is 5.56 Å². The van der Waals surface area contributed by atoms with Crippen LogP contribution in [0.4, 0.5) is 0 Å². The Morgan fingerprint density at radius 3 is 1.80 bits per heavy atom. The average Bonchev–Trinajstić information content (AvgIpc) is 2.69. The van der Waals surface area contributed by atoms with Gasteiger partial charge in [-0.3, -0.25) is 4.79 Å². The van der Waals surface area contributed by atoms with Crippen molar-refractivity contribution < 1.29 is 9.36 Å². The van der Waals surface area contributed by atoms with E-state index in [1.807, 2.05) is 73.7 Å². The summed E-state index contributed by atoms with van der Waals surface area (Å²) >= 11 is 0. The fourth-order valence-corrected chi connectivity index (χ4v) is 5.75. The molecule has 0 atom stereocenters. The fraction of sp³-hybridized carbons (Fsp3) is 0.0952. The zero-order valence-electron chi connectivity index (χ0n) is 14.1. The Bertz CT molecular complexity index is 864. The van der Waals surface area contributed by atoms with Gasteiger partial charge in [-0.1, -0.05) is 78.9 Å². The Morgan fingerprint density at radius 1 is 0.800 bits per heavy atom. The quantitative estimate of drug-likeness (QED) is 0.720. The lowest BCUT2D eigenvalue weighted by molar-refractivity contribution is 0.0957. The highest BCUT2D eigenvalue weighted by atomic mass is 31.2. The summed E-state index contributed by atoms with van der Waals surface area (Å²) < 4.78 is 14.4. The minimum absolute atomic E-state index is 0.204. The van der Waals surface area contributed by atoms with E-state index in [9.17, 15) is 9.36 Å². The zero-order valence-corrected chi connectivity index (χ0v) is 14.9. The van der Waals surface area contributed by atoms with Crippen molar-refractivity contribution in [2.75, 3.05) is 6.54 Å². The summed E-state index contributed by atoms with van der Waals surface area (Å²) in [6, 6.07) is 25.9. The van der Waals surface area contributed by atoms with E-state index < -0.39 is 7.14 Å². The SMILES string of the molecule is CCNC(=O)c1ccccc1P(=O)(c1ccccc1)c1ccccc1. The predicted octanol–water partition coefficient (Wildman–Crippen LogP) is 3.08. The van der Waals surface area contributed by atoms with Crippen molar-refractivity contribution >= 4 is 29.0 Å². The molecule has 0 unspecified atom stereocenters. The largest absolute Gasteiger partial charge is 0.352 e. The van der Waals surface area contributed by atoms with Crippen LogP contribution in [0.2, 0.25) is 0 Å².